The minimum atomic E-state index is -0.163. The van der Waals surface area contributed by atoms with E-state index in [0.717, 1.165) is 5.57 Å². The molecule has 0 fully saturated rings. The van der Waals surface area contributed by atoms with Crippen molar-refractivity contribution in [2.45, 2.75) is 67.2 Å². The molecule has 0 unspecified atom stereocenters. The Bertz CT molecular complexity index is 610. The number of carbonyl (C=O) groups excluding carboxylic acids is 1. The molecule has 0 aromatic carbocycles. The predicted molar refractivity (Wildman–Crippen MR) is 107 cm³/mol. The van der Waals surface area contributed by atoms with Crippen LogP contribution in [0.3, 0.4) is 0 Å². The molecule has 0 aromatic rings. The number of esters is 1. The first-order valence-electron chi connectivity index (χ1n) is 9.32. The van der Waals surface area contributed by atoms with Crippen molar-refractivity contribution in [3.63, 3.8) is 0 Å². The standard InChI is InChI=1S/C23H34O2/c1-7-22(24)25-17-15-19(3)11-8-10-18(2)13-14-21-20(4)12-9-16-23(21,5)6/h8,10-11,13-15H,7,9,12,16-17H2,1-6H3/b11-8+,14-13-,18-10+,19-15+. The fourth-order valence-corrected chi connectivity index (χ4v) is 3.07. The zero-order valence-corrected chi connectivity index (χ0v) is 16.8. The summed E-state index contributed by atoms with van der Waals surface area (Å²) in [6.07, 6.45) is 16.8. The first kappa shape index (κ1) is 21.2. The van der Waals surface area contributed by atoms with E-state index in [1.807, 2.05) is 25.2 Å². The third kappa shape index (κ3) is 7.72. The predicted octanol–water partition coefficient (Wildman–Crippen LogP) is 6.47. The summed E-state index contributed by atoms with van der Waals surface area (Å²) < 4.78 is 5.04. The molecule has 0 bridgehead atoms. The molecule has 138 valence electrons. The molecule has 0 saturated carbocycles. The molecular weight excluding hydrogens is 308 g/mol. The Morgan fingerprint density at radius 3 is 2.56 bits per heavy atom. The Morgan fingerprint density at radius 2 is 1.92 bits per heavy atom. The maximum absolute atomic E-state index is 11.1. The van der Waals surface area contributed by atoms with Crippen LogP contribution >= 0.6 is 0 Å². The maximum Gasteiger partial charge on any atom is 0.305 e. The highest BCUT2D eigenvalue weighted by Crippen LogP contribution is 2.40. The van der Waals surface area contributed by atoms with Gasteiger partial charge in [0.05, 0.1) is 0 Å². The quantitative estimate of drug-likeness (QED) is 0.391. The molecule has 0 saturated heterocycles. The summed E-state index contributed by atoms with van der Waals surface area (Å²) in [5.41, 5.74) is 5.61. The van der Waals surface area contributed by atoms with Crippen LogP contribution in [0.15, 0.2) is 58.7 Å². The smallest absolute Gasteiger partial charge is 0.305 e. The first-order valence-corrected chi connectivity index (χ1v) is 9.32. The van der Waals surface area contributed by atoms with Crippen molar-refractivity contribution in [2.24, 2.45) is 5.41 Å². The molecule has 2 nitrogen and oxygen atoms in total. The third-order valence-electron chi connectivity index (χ3n) is 4.71. The summed E-state index contributed by atoms with van der Waals surface area (Å²) in [6, 6.07) is 0. The zero-order valence-electron chi connectivity index (χ0n) is 16.8. The van der Waals surface area contributed by atoms with Crippen LogP contribution in [0.25, 0.3) is 0 Å². The molecule has 1 rings (SSSR count). The largest absolute Gasteiger partial charge is 0.461 e. The topological polar surface area (TPSA) is 26.3 Å². The van der Waals surface area contributed by atoms with Gasteiger partial charge in [-0.25, -0.2) is 0 Å². The second-order valence-electron chi connectivity index (χ2n) is 7.52. The van der Waals surface area contributed by atoms with Crippen LogP contribution in [-0.2, 0) is 9.53 Å². The highest BCUT2D eigenvalue weighted by molar-refractivity contribution is 5.68. The van der Waals surface area contributed by atoms with E-state index in [-0.39, 0.29) is 11.4 Å². The van der Waals surface area contributed by atoms with E-state index in [4.69, 9.17) is 4.74 Å². The van der Waals surface area contributed by atoms with Crippen molar-refractivity contribution in [1.29, 1.82) is 0 Å². The molecule has 1 aliphatic rings. The lowest BCUT2D eigenvalue weighted by atomic mass is 9.72. The summed E-state index contributed by atoms with van der Waals surface area (Å²) in [5, 5.41) is 0. The van der Waals surface area contributed by atoms with Gasteiger partial charge in [-0.05, 0) is 57.1 Å². The normalized spacial score (nSPS) is 19.1. The van der Waals surface area contributed by atoms with Gasteiger partial charge in [-0.15, -0.1) is 0 Å². The van der Waals surface area contributed by atoms with Gasteiger partial charge in [0, 0.05) is 6.42 Å². The molecule has 0 spiro atoms. The van der Waals surface area contributed by atoms with Gasteiger partial charge in [0.15, 0.2) is 0 Å². The molecule has 0 aliphatic heterocycles. The average molecular weight is 343 g/mol. The number of carbonyl (C=O) groups is 1. The van der Waals surface area contributed by atoms with Crippen LogP contribution in [0.4, 0.5) is 0 Å². The van der Waals surface area contributed by atoms with Crippen molar-refractivity contribution in [2.75, 3.05) is 6.61 Å². The van der Waals surface area contributed by atoms with Gasteiger partial charge in [-0.1, -0.05) is 67.9 Å². The van der Waals surface area contributed by atoms with Crippen molar-refractivity contribution < 1.29 is 9.53 Å². The van der Waals surface area contributed by atoms with Crippen LogP contribution in [0.2, 0.25) is 0 Å². The summed E-state index contributed by atoms with van der Waals surface area (Å²) in [7, 11) is 0. The number of allylic oxidation sites excluding steroid dienone is 9. The Labute approximate surface area is 154 Å². The lowest BCUT2D eigenvalue weighted by molar-refractivity contribution is -0.141. The highest BCUT2D eigenvalue weighted by Gasteiger charge is 2.26. The van der Waals surface area contributed by atoms with E-state index in [1.54, 1.807) is 6.92 Å². The van der Waals surface area contributed by atoms with Gasteiger partial charge >= 0.3 is 5.97 Å². The van der Waals surface area contributed by atoms with E-state index >= 15 is 0 Å². The second-order valence-corrected chi connectivity index (χ2v) is 7.52. The van der Waals surface area contributed by atoms with Gasteiger partial charge in [-0.3, -0.25) is 4.79 Å². The van der Waals surface area contributed by atoms with Crippen molar-refractivity contribution in [3.05, 3.63) is 58.7 Å². The molecule has 25 heavy (non-hydrogen) atoms. The molecule has 0 amide bonds. The highest BCUT2D eigenvalue weighted by atomic mass is 16.5. The number of ether oxygens (including phenoxy) is 1. The van der Waals surface area contributed by atoms with Crippen molar-refractivity contribution in [3.8, 4) is 0 Å². The van der Waals surface area contributed by atoms with E-state index in [0.29, 0.717) is 13.0 Å². The number of rotatable bonds is 7. The lowest BCUT2D eigenvalue weighted by Crippen LogP contribution is -2.19. The fourth-order valence-electron chi connectivity index (χ4n) is 3.07. The Morgan fingerprint density at radius 1 is 1.20 bits per heavy atom. The monoisotopic (exact) mass is 342 g/mol. The van der Waals surface area contributed by atoms with Crippen LogP contribution in [-0.4, -0.2) is 12.6 Å². The fraction of sp³-hybridized carbons (Fsp3) is 0.522. The van der Waals surface area contributed by atoms with Gasteiger partial charge in [-0.2, -0.15) is 0 Å². The van der Waals surface area contributed by atoms with E-state index < -0.39 is 0 Å². The van der Waals surface area contributed by atoms with Gasteiger partial charge in [0.1, 0.15) is 6.61 Å². The average Bonchev–Trinajstić information content (AvgIpc) is 2.53. The lowest BCUT2D eigenvalue weighted by Gasteiger charge is -2.32. The van der Waals surface area contributed by atoms with Crippen molar-refractivity contribution in [1.82, 2.24) is 0 Å². The summed E-state index contributed by atoms with van der Waals surface area (Å²) in [4.78, 5) is 11.1. The molecule has 0 aromatic heterocycles. The molecular formula is C23H34O2. The van der Waals surface area contributed by atoms with E-state index in [2.05, 4.69) is 45.9 Å². The summed E-state index contributed by atoms with van der Waals surface area (Å²) >= 11 is 0. The van der Waals surface area contributed by atoms with Gasteiger partial charge in [0.2, 0.25) is 0 Å². The summed E-state index contributed by atoms with van der Waals surface area (Å²) in [5.74, 6) is -0.163. The Hall–Kier alpha value is -1.83. The number of hydrogen-bond donors (Lipinski definition) is 0. The van der Waals surface area contributed by atoms with Crippen LogP contribution in [0.5, 0.6) is 0 Å². The Kier molecular flexibility index (Phi) is 8.68. The molecule has 0 atom stereocenters. The minimum Gasteiger partial charge on any atom is -0.461 e. The van der Waals surface area contributed by atoms with Gasteiger partial charge < -0.3 is 4.74 Å². The molecule has 0 N–H and O–H groups in total. The molecule has 1 aliphatic carbocycles. The number of hydrogen-bond acceptors (Lipinski definition) is 2. The SMILES string of the molecule is CCC(=O)OC/C=C(C)/C=C/C=C(C)/C=C\C1=C(C)CCCC1(C)C. The molecule has 0 radical (unpaired) electrons. The minimum absolute atomic E-state index is 0.163. The second kappa shape index (κ2) is 10.2. The van der Waals surface area contributed by atoms with Crippen molar-refractivity contribution >= 4 is 5.97 Å². The van der Waals surface area contributed by atoms with Gasteiger partial charge in [0.25, 0.3) is 0 Å². The maximum atomic E-state index is 11.1. The van der Waals surface area contributed by atoms with E-state index in [9.17, 15) is 4.79 Å². The Balaban J connectivity index is 2.63. The van der Waals surface area contributed by atoms with E-state index in [1.165, 1.54) is 36.0 Å². The van der Waals surface area contributed by atoms with Crippen LogP contribution < -0.4 is 0 Å². The van der Waals surface area contributed by atoms with Crippen LogP contribution in [0.1, 0.15) is 67.2 Å². The third-order valence-corrected chi connectivity index (χ3v) is 4.71. The zero-order chi connectivity index (χ0) is 18.9. The first-order chi connectivity index (χ1) is 11.8. The summed E-state index contributed by atoms with van der Waals surface area (Å²) in [6.45, 7) is 13.2. The van der Waals surface area contributed by atoms with Crippen LogP contribution in [0, 0.1) is 5.41 Å². The molecule has 2 heteroatoms. The molecule has 0 heterocycles.